The molecule has 0 saturated carbocycles. The summed E-state index contributed by atoms with van der Waals surface area (Å²) >= 11 is 0. The summed E-state index contributed by atoms with van der Waals surface area (Å²) in [7, 11) is 2.05. The van der Waals surface area contributed by atoms with Gasteiger partial charge >= 0.3 is 0 Å². The van der Waals surface area contributed by atoms with Crippen molar-refractivity contribution in [2.45, 2.75) is 26.3 Å². The maximum absolute atomic E-state index is 11.5. The zero-order chi connectivity index (χ0) is 14.5. The molecule has 1 saturated heterocycles. The molecule has 1 unspecified atom stereocenters. The first-order chi connectivity index (χ1) is 9.60. The van der Waals surface area contributed by atoms with E-state index in [2.05, 4.69) is 17.4 Å². The summed E-state index contributed by atoms with van der Waals surface area (Å²) in [5, 5.41) is 0. The fourth-order valence-electron chi connectivity index (χ4n) is 2.65. The largest absolute Gasteiger partial charge is 0.464 e. The summed E-state index contributed by atoms with van der Waals surface area (Å²) < 4.78 is 11.1. The number of nitrogen functional groups attached to an aromatic ring is 1. The van der Waals surface area contributed by atoms with E-state index < -0.39 is 0 Å². The molecule has 1 aromatic heterocycles. The van der Waals surface area contributed by atoms with Crippen molar-refractivity contribution in [1.29, 1.82) is 0 Å². The average molecular weight is 281 g/mol. The monoisotopic (exact) mass is 281 g/mol. The van der Waals surface area contributed by atoms with E-state index in [4.69, 9.17) is 15.0 Å². The molecule has 0 aromatic carbocycles. The number of ether oxygens (including phenoxy) is 1. The molecular weight excluding hydrogens is 258 g/mol. The molecule has 1 aliphatic rings. The van der Waals surface area contributed by atoms with Gasteiger partial charge in [0.1, 0.15) is 11.5 Å². The van der Waals surface area contributed by atoms with Gasteiger partial charge in [0.05, 0.1) is 18.7 Å². The minimum Gasteiger partial charge on any atom is -0.464 e. The van der Waals surface area contributed by atoms with Crippen molar-refractivity contribution in [1.82, 2.24) is 10.3 Å². The van der Waals surface area contributed by atoms with Gasteiger partial charge in [-0.05, 0) is 38.8 Å². The summed E-state index contributed by atoms with van der Waals surface area (Å²) in [5.41, 5.74) is 2.62. The van der Waals surface area contributed by atoms with Gasteiger partial charge in [-0.25, -0.2) is 5.84 Å². The lowest BCUT2D eigenvalue weighted by Gasteiger charge is -2.26. The molecule has 0 radical (unpaired) electrons. The molecule has 1 fully saturated rings. The standard InChI is InChI=1S/C14H23N3O3/c1-10-13(14(18)16-15)6-12(20-10)8-17(2)7-11-4-3-5-19-9-11/h6,11H,3-5,7-9,15H2,1-2H3,(H,16,18). The number of hydrazine groups is 1. The number of nitrogens with two attached hydrogens (primary N) is 1. The van der Waals surface area contributed by atoms with Gasteiger partial charge in [-0.15, -0.1) is 0 Å². The van der Waals surface area contributed by atoms with Gasteiger partial charge < -0.3 is 9.15 Å². The van der Waals surface area contributed by atoms with E-state index in [-0.39, 0.29) is 5.91 Å². The van der Waals surface area contributed by atoms with Crippen molar-refractivity contribution in [3.8, 4) is 0 Å². The number of nitrogens with zero attached hydrogens (tertiary/aromatic N) is 1. The fraction of sp³-hybridized carbons (Fsp3) is 0.643. The summed E-state index contributed by atoms with van der Waals surface area (Å²) in [6.45, 7) is 5.13. The molecule has 1 amide bonds. The number of rotatable bonds is 5. The van der Waals surface area contributed by atoms with Gasteiger partial charge in [0.2, 0.25) is 0 Å². The number of amides is 1. The molecule has 2 rings (SSSR count). The summed E-state index contributed by atoms with van der Waals surface area (Å²) in [6.07, 6.45) is 2.35. The van der Waals surface area contributed by atoms with Crippen molar-refractivity contribution in [2.24, 2.45) is 11.8 Å². The van der Waals surface area contributed by atoms with E-state index in [0.717, 1.165) is 31.9 Å². The van der Waals surface area contributed by atoms with E-state index >= 15 is 0 Å². The molecular formula is C14H23N3O3. The average Bonchev–Trinajstić information content (AvgIpc) is 2.79. The van der Waals surface area contributed by atoms with Crippen molar-refractivity contribution in [3.63, 3.8) is 0 Å². The Hall–Kier alpha value is -1.37. The van der Waals surface area contributed by atoms with Crippen LogP contribution in [0.1, 0.15) is 34.7 Å². The first kappa shape index (κ1) is 15.0. The third kappa shape index (κ3) is 3.82. The summed E-state index contributed by atoms with van der Waals surface area (Å²) in [4.78, 5) is 13.7. The fourth-order valence-corrected chi connectivity index (χ4v) is 2.65. The van der Waals surface area contributed by atoms with Crippen LogP contribution in [0.3, 0.4) is 0 Å². The Morgan fingerprint density at radius 3 is 3.05 bits per heavy atom. The first-order valence-corrected chi connectivity index (χ1v) is 6.96. The second-order valence-corrected chi connectivity index (χ2v) is 5.44. The minimum absolute atomic E-state index is 0.319. The van der Waals surface area contributed by atoms with Crippen LogP contribution >= 0.6 is 0 Å². The number of furan rings is 1. The van der Waals surface area contributed by atoms with Crippen LogP contribution in [0.4, 0.5) is 0 Å². The van der Waals surface area contributed by atoms with Gasteiger partial charge in [-0.1, -0.05) is 0 Å². The molecule has 2 heterocycles. The molecule has 6 nitrogen and oxygen atoms in total. The topological polar surface area (TPSA) is 80.7 Å². The van der Waals surface area contributed by atoms with E-state index in [0.29, 0.717) is 23.8 Å². The van der Waals surface area contributed by atoms with E-state index in [1.807, 2.05) is 0 Å². The highest BCUT2D eigenvalue weighted by atomic mass is 16.5. The number of hydrogen-bond donors (Lipinski definition) is 2. The van der Waals surface area contributed by atoms with Crippen molar-refractivity contribution >= 4 is 5.91 Å². The predicted molar refractivity (Wildman–Crippen MR) is 75.0 cm³/mol. The maximum Gasteiger partial charge on any atom is 0.268 e. The van der Waals surface area contributed by atoms with Crippen LogP contribution in [0.2, 0.25) is 0 Å². The highest BCUT2D eigenvalue weighted by molar-refractivity contribution is 5.94. The molecule has 3 N–H and O–H groups in total. The zero-order valence-corrected chi connectivity index (χ0v) is 12.1. The second-order valence-electron chi connectivity index (χ2n) is 5.44. The van der Waals surface area contributed by atoms with E-state index in [9.17, 15) is 4.79 Å². The number of carbonyl (C=O) groups excluding carboxylic acids is 1. The minimum atomic E-state index is -0.319. The molecule has 112 valence electrons. The van der Waals surface area contributed by atoms with Gasteiger partial charge in [0.25, 0.3) is 5.91 Å². The Morgan fingerprint density at radius 2 is 2.40 bits per heavy atom. The quantitative estimate of drug-likeness (QED) is 0.479. The lowest BCUT2D eigenvalue weighted by molar-refractivity contribution is 0.0403. The van der Waals surface area contributed by atoms with Crippen LogP contribution in [0.25, 0.3) is 0 Å². The Bertz CT molecular complexity index is 453. The maximum atomic E-state index is 11.5. The van der Waals surface area contributed by atoms with Crippen molar-refractivity contribution in [2.75, 3.05) is 26.8 Å². The Morgan fingerprint density at radius 1 is 1.60 bits per heavy atom. The number of nitrogens with one attached hydrogen (secondary N) is 1. The highest BCUT2D eigenvalue weighted by Crippen LogP contribution is 2.18. The lowest BCUT2D eigenvalue weighted by Crippen LogP contribution is -2.30. The third-order valence-corrected chi connectivity index (χ3v) is 3.59. The van der Waals surface area contributed by atoms with Crippen LogP contribution in [0.15, 0.2) is 10.5 Å². The SMILES string of the molecule is Cc1oc(CN(C)CC2CCCOC2)cc1C(=O)NN. The van der Waals surface area contributed by atoms with Crippen molar-refractivity contribution < 1.29 is 13.9 Å². The number of aryl methyl sites for hydroxylation is 1. The normalized spacial score (nSPS) is 19.3. The first-order valence-electron chi connectivity index (χ1n) is 6.96. The molecule has 20 heavy (non-hydrogen) atoms. The Kier molecular flexibility index (Phi) is 5.17. The van der Waals surface area contributed by atoms with Crippen LogP contribution in [-0.2, 0) is 11.3 Å². The van der Waals surface area contributed by atoms with E-state index in [1.54, 1.807) is 13.0 Å². The zero-order valence-electron chi connectivity index (χ0n) is 12.1. The predicted octanol–water partition coefficient (Wildman–Crippen LogP) is 1.05. The van der Waals surface area contributed by atoms with Gasteiger partial charge in [-0.3, -0.25) is 15.1 Å². The molecule has 0 aliphatic carbocycles. The lowest BCUT2D eigenvalue weighted by atomic mass is 10.0. The highest BCUT2D eigenvalue weighted by Gasteiger charge is 2.18. The molecule has 0 bridgehead atoms. The van der Waals surface area contributed by atoms with Crippen LogP contribution in [-0.4, -0.2) is 37.6 Å². The molecule has 1 aromatic rings. The smallest absolute Gasteiger partial charge is 0.268 e. The number of carbonyl (C=O) groups is 1. The van der Waals surface area contributed by atoms with Crippen LogP contribution in [0, 0.1) is 12.8 Å². The number of hydrogen-bond acceptors (Lipinski definition) is 5. The third-order valence-electron chi connectivity index (χ3n) is 3.59. The van der Waals surface area contributed by atoms with Gasteiger partial charge in [0.15, 0.2) is 0 Å². The second kappa shape index (κ2) is 6.88. The van der Waals surface area contributed by atoms with Crippen molar-refractivity contribution in [3.05, 3.63) is 23.2 Å². The molecule has 1 atom stereocenters. The summed E-state index contributed by atoms with van der Waals surface area (Å²) in [5.74, 6) is 6.78. The molecule has 0 spiro atoms. The van der Waals surface area contributed by atoms with Gasteiger partial charge in [-0.2, -0.15) is 0 Å². The molecule has 6 heteroatoms. The molecule has 1 aliphatic heterocycles. The van der Waals surface area contributed by atoms with Gasteiger partial charge in [0, 0.05) is 13.2 Å². The Balaban J connectivity index is 1.90. The van der Waals surface area contributed by atoms with Crippen LogP contribution in [0.5, 0.6) is 0 Å². The van der Waals surface area contributed by atoms with E-state index in [1.165, 1.54) is 6.42 Å². The summed E-state index contributed by atoms with van der Waals surface area (Å²) in [6, 6.07) is 1.76. The van der Waals surface area contributed by atoms with Crippen LogP contribution < -0.4 is 11.3 Å². The Labute approximate surface area is 119 Å².